The van der Waals surface area contributed by atoms with Crippen molar-refractivity contribution >= 4 is 0 Å². The van der Waals surface area contributed by atoms with Gasteiger partial charge < -0.3 is 14.8 Å². The van der Waals surface area contributed by atoms with Crippen LogP contribution in [-0.2, 0) is 12.7 Å². The van der Waals surface area contributed by atoms with E-state index in [2.05, 4.69) is 9.97 Å². The van der Waals surface area contributed by atoms with Crippen molar-refractivity contribution < 1.29 is 23.0 Å². The molecule has 0 bridgehead atoms. The molecule has 1 aromatic carbocycles. The van der Waals surface area contributed by atoms with Crippen molar-refractivity contribution in [3.8, 4) is 5.75 Å². The van der Waals surface area contributed by atoms with Crippen LogP contribution in [0.25, 0.3) is 0 Å². The maximum absolute atomic E-state index is 12.8. The number of imidazole rings is 1. The van der Waals surface area contributed by atoms with Crippen molar-refractivity contribution in [2.75, 3.05) is 20.2 Å². The SMILES string of the molecule is CN(Cc1ncc[nH]1)CC(O)COc1ccccc1C(F)(F)F. The lowest BCUT2D eigenvalue weighted by atomic mass is 10.2. The highest BCUT2D eigenvalue weighted by Crippen LogP contribution is 2.35. The van der Waals surface area contributed by atoms with Gasteiger partial charge in [0.25, 0.3) is 0 Å². The molecule has 126 valence electrons. The Labute approximate surface area is 131 Å². The molecule has 0 spiro atoms. The van der Waals surface area contributed by atoms with Crippen LogP contribution < -0.4 is 4.74 Å². The van der Waals surface area contributed by atoms with Gasteiger partial charge in [-0.25, -0.2) is 4.98 Å². The van der Waals surface area contributed by atoms with Gasteiger partial charge in [0.1, 0.15) is 24.3 Å². The average Bonchev–Trinajstić information content (AvgIpc) is 2.97. The third kappa shape index (κ3) is 5.26. The number of halogens is 3. The molecule has 2 rings (SSSR count). The van der Waals surface area contributed by atoms with E-state index in [0.29, 0.717) is 6.54 Å². The molecule has 23 heavy (non-hydrogen) atoms. The van der Waals surface area contributed by atoms with Gasteiger partial charge in [0.15, 0.2) is 0 Å². The van der Waals surface area contributed by atoms with E-state index < -0.39 is 17.8 Å². The number of aliphatic hydroxyl groups is 1. The number of aromatic nitrogens is 2. The molecule has 1 atom stereocenters. The second kappa shape index (κ2) is 7.47. The van der Waals surface area contributed by atoms with E-state index in [1.165, 1.54) is 18.2 Å². The van der Waals surface area contributed by atoms with E-state index >= 15 is 0 Å². The van der Waals surface area contributed by atoms with Gasteiger partial charge in [0.05, 0.1) is 12.1 Å². The van der Waals surface area contributed by atoms with Gasteiger partial charge >= 0.3 is 6.18 Å². The molecule has 2 N–H and O–H groups in total. The van der Waals surface area contributed by atoms with Crippen LogP contribution in [0.5, 0.6) is 5.75 Å². The van der Waals surface area contributed by atoms with E-state index in [-0.39, 0.29) is 18.9 Å². The molecule has 0 aliphatic carbocycles. The highest BCUT2D eigenvalue weighted by molar-refractivity contribution is 5.35. The topological polar surface area (TPSA) is 61.4 Å². The van der Waals surface area contributed by atoms with Gasteiger partial charge in [-0.3, -0.25) is 4.90 Å². The second-order valence-electron chi connectivity index (χ2n) is 5.19. The molecule has 0 aliphatic rings. The molecular weight excluding hydrogens is 311 g/mol. The zero-order chi connectivity index (χ0) is 16.9. The number of aliphatic hydroxyl groups excluding tert-OH is 1. The molecule has 1 aromatic heterocycles. The van der Waals surface area contributed by atoms with Crippen LogP contribution >= 0.6 is 0 Å². The smallest absolute Gasteiger partial charge is 0.419 e. The number of likely N-dealkylation sites (N-methyl/N-ethyl adjacent to an activating group) is 1. The van der Waals surface area contributed by atoms with Crippen LogP contribution in [0.4, 0.5) is 13.2 Å². The number of nitrogens with zero attached hydrogens (tertiary/aromatic N) is 2. The summed E-state index contributed by atoms with van der Waals surface area (Å²) in [5, 5.41) is 9.92. The lowest BCUT2D eigenvalue weighted by Gasteiger charge is -2.21. The largest absolute Gasteiger partial charge is 0.490 e. The summed E-state index contributed by atoms with van der Waals surface area (Å²) < 4.78 is 43.6. The summed E-state index contributed by atoms with van der Waals surface area (Å²) in [4.78, 5) is 8.79. The lowest BCUT2D eigenvalue weighted by Crippen LogP contribution is -2.33. The Morgan fingerprint density at radius 2 is 2.09 bits per heavy atom. The minimum absolute atomic E-state index is 0.227. The number of para-hydroxylation sites is 1. The van der Waals surface area contributed by atoms with Crippen molar-refractivity contribution in [2.45, 2.75) is 18.8 Å². The molecular formula is C15H18F3N3O2. The number of H-pyrrole nitrogens is 1. The summed E-state index contributed by atoms with van der Waals surface area (Å²) in [5.41, 5.74) is -0.851. The first-order valence-electron chi connectivity index (χ1n) is 7.00. The Kier molecular flexibility index (Phi) is 5.62. The Morgan fingerprint density at radius 3 is 2.74 bits per heavy atom. The molecule has 0 aliphatic heterocycles. The fourth-order valence-corrected chi connectivity index (χ4v) is 2.13. The van der Waals surface area contributed by atoms with E-state index in [1.54, 1.807) is 24.3 Å². The normalized spacial score (nSPS) is 13.3. The van der Waals surface area contributed by atoms with E-state index in [1.807, 2.05) is 0 Å². The number of aromatic amines is 1. The van der Waals surface area contributed by atoms with Crippen LogP contribution in [-0.4, -0.2) is 46.3 Å². The number of alkyl halides is 3. The third-order valence-electron chi connectivity index (χ3n) is 3.12. The molecule has 1 heterocycles. The first kappa shape index (κ1) is 17.3. The number of hydrogen-bond acceptors (Lipinski definition) is 4. The maximum atomic E-state index is 12.8. The zero-order valence-corrected chi connectivity index (χ0v) is 12.5. The molecule has 0 saturated heterocycles. The van der Waals surface area contributed by atoms with Gasteiger partial charge in [-0.1, -0.05) is 12.1 Å². The minimum Gasteiger partial charge on any atom is -0.490 e. The molecule has 0 fully saturated rings. The summed E-state index contributed by atoms with van der Waals surface area (Å²) in [6.45, 7) is 0.508. The molecule has 0 saturated carbocycles. The van der Waals surface area contributed by atoms with Crippen LogP contribution in [0, 0.1) is 0 Å². The summed E-state index contributed by atoms with van der Waals surface area (Å²) in [6.07, 6.45) is -2.10. The predicted octanol–water partition coefficient (Wildman–Crippen LogP) is 2.30. The number of ether oxygens (including phenoxy) is 1. The molecule has 8 heteroatoms. The summed E-state index contributed by atoms with van der Waals surface area (Å²) in [5.74, 6) is 0.454. The molecule has 0 radical (unpaired) electrons. The Morgan fingerprint density at radius 1 is 1.35 bits per heavy atom. The van der Waals surface area contributed by atoms with E-state index in [0.717, 1.165) is 11.9 Å². The number of rotatable bonds is 7. The number of nitrogens with one attached hydrogen (secondary N) is 1. The fraction of sp³-hybridized carbons (Fsp3) is 0.400. The van der Waals surface area contributed by atoms with Crippen molar-refractivity contribution in [1.29, 1.82) is 0 Å². The first-order valence-corrected chi connectivity index (χ1v) is 7.00. The quantitative estimate of drug-likeness (QED) is 0.818. The summed E-state index contributed by atoms with van der Waals surface area (Å²) in [7, 11) is 1.77. The zero-order valence-electron chi connectivity index (χ0n) is 12.5. The van der Waals surface area contributed by atoms with Crippen molar-refractivity contribution in [1.82, 2.24) is 14.9 Å². The molecule has 1 unspecified atom stereocenters. The Bertz CT molecular complexity index is 602. The molecule has 2 aromatic rings. The lowest BCUT2D eigenvalue weighted by molar-refractivity contribution is -0.139. The van der Waals surface area contributed by atoms with E-state index in [9.17, 15) is 18.3 Å². The van der Waals surface area contributed by atoms with Crippen molar-refractivity contribution in [3.63, 3.8) is 0 Å². The van der Waals surface area contributed by atoms with E-state index in [4.69, 9.17) is 4.74 Å². The van der Waals surface area contributed by atoms with Gasteiger partial charge in [0.2, 0.25) is 0 Å². The fourth-order valence-electron chi connectivity index (χ4n) is 2.13. The van der Waals surface area contributed by atoms with Crippen molar-refractivity contribution in [2.24, 2.45) is 0 Å². The third-order valence-corrected chi connectivity index (χ3v) is 3.12. The van der Waals surface area contributed by atoms with Crippen LogP contribution in [0.15, 0.2) is 36.7 Å². The van der Waals surface area contributed by atoms with Crippen molar-refractivity contribution in [3.05, 3.63) is 48.0 Å². The standard InChI is InChI=1S/C15H18F3N3O2/c1-21(9-14-19-6-7-20-14)8-11(22)10-23-13-5-3-2-4-12(13)15(16,17)18/h2-7,11,22H,8-10H2,1H3,(H,19,20). The Hall–Kier alpha value is -2.06. The number of hydrogen-bond donors (Lipinski definition) is 2. The number of benzene rings is 1. The second-order valence-corrected chi connectivity index (χ2v) is 5.19. The van der Waals surface area contributed by atoms with Crippen LogP contribution in [0.1, 0.15) is 11.4 Å². The summed E-state index contributed by atoms with van der Waals surface area (Å²) >= 11 is 0. The molecule has 5 nitrogen and oxygen atoms in total. The highest BCUT2D eigenvalue weighted by Gasteiger charge is 2.34. The van der Waals surface area contributed by atoms with Crippen LogP contribution in [0.3, 0.4) is 0 Å². The predicted molar refractivity (Wildman–Crippen MR) is 77.9 cm³/mol. The first-order chi connectivity index (χ1) is 10.9. The Balaban J connectivity index is 1.86. The van der Waals surface area contributed by atoms with Gasteiger partial charge in [-0.2, -0.15) is 13.2 Å². The summed E-state index contributed by atoms with van der Waals surface area (Å²) in [6, 6.07) is 4.94. The highest BCUT2D eigenvalue weighted by atomic mass is 19.4. The molecule has 0 amide bonds. The van der Waals surface area contributed by atoms with Crippen LogP contribution in [0.2, 0.25) is 0 Å². The minimum atomic E-state index is -4.49. The maximum Gasteiger partial charge on any atom is 0.419 e. The van der Waals surface area contributed by atoms with Gasteiger partial charge in [-0.05, 0) is 19.2 Å². The average molecular weight is 329 g/mol. The van der Waals surface area contributed by atoms with Gasteiger partial charge in [-0.15, -0.1) is 0 Å². The van der Waals surface area contributed by atoms with Gasteiger partial charge in [0, 0.05) is 18.9 Å². The monoisotopic (exact) mass is 329 g/mol.